The number of sulfonamides is 1. The van der Waals surface area contributed by atoms with E-state index in [0.717, 1.165) is 25.2 Å². The number of aryl methyl sites for hydroxylation is 1. The Morgan fingerprint density at radius 3 is 2.38 bits per heavy atom. The van der Waals surface area contributed by atoms with Gasteiger partial charge in [0.25, 0.3) is 15.9 Å². The second-order valence-corrected chi connectivity index (χ2v) is 10.9. The van der Waals surface area contributed by atoms with Crippen LogP contribution in [0.3, 0.4) is 0 Å². The van der Waals surface area contributed by atoms with E-state index in [4.69, 9.17) is 16.3 Å². The summed E-state index contributed by atoms with van der Waals surface area (Å²) in [6.45, 7) is 5.40. The molecule has 194 valence electrons. The number of ether oxygens (including phenoxy) is 1. The minimum atomic E-state index is -3.82. The van der Waals surface area contributed by atoms with Crippen LogP contribution in [0.25, 0.3) is 6.08 Å². The Morgan fingerprint density at radius 1 is 1.00 bits per heavy atom. The van der Waals surface area contributed by atoms with Crippen molar-refractivity contribution in [3.63, 3.8) is 0 Å². The molecule has 1 aliphatic heterocycles. The molecule has 0 aromatic heterocycles. The highest BCUT2D eigenvalue weighted by molar-refractivity contribution is 7.92. The quantitative estimate of drug-likeness (QED) is 0.427. The lowest BCUT2D eigenvalue weighted by Gasteiger charge is -2.34. The molecule has 9 heteroatoms. The molecule has 0 bridgehead atoms. The summed E-state index contributed by atoms with van der Waals surface area (Å²) in [5.41, 5.74) is 2.65. The van der Waals surface area contributed by atoms with Crippen molar-refractivity contribution < 1.29 is 17.9 Å². The number of nitrogens with zero attached hydrogens (tertiary/aromatic N) is 2. The zero-order valence-corrected chi connectivity index (χ0v) is 22.2. The van der Waals surface area contributed by atoms with E-state index in [9.17, 15) is 13.2 Å². The zero-order chi connectivity index (χ0) is 26.3. The summed E-state index contributed by atoms with van der Waals surface area (Å²) in [4.78, 5) is 16.7. The van der Waals surface area contributed by atoms with Crippen molar-refractivity contribution in [1.82, 2.24) is 9.80 Å². The number of nitrogens with one attached hydrogen (secondary N) is 1. The van der Waals surface area contributed by atoms with E-state index >= 15 is 0 Å². The van der Waals surface area contributed by atoms with Gasteiger partial charge < -0.3 is 9.64 Å². The van der Waals surface area contributed by atoms with Gasteiger partial charge in [-0.3, -0.25) is 14.4 Å². The van der Waals surface area contributed by atoms with E-state index in [1.54, 1.807) is 17.0 Å². The molecule has 0 spiro atoms. The SMILES string of the molecule is Cc1ccc(NS(=O)(=O)c2ccc(OCC(=O)N3CCN(C/C=C/c4ccccc4)CC3)c(Cl)c2)cc1. The van der Waals surface area contributed by atoms with Crippen LogP contribution in [0.5, 0.6) is 5.75 Å². The second-order valence-electron chi connectivity index (χ2n) is 8.85. The Bertz CT molecular complexity index is 1340. The highest BCUT2D eigenvalue weighted by Gasteiger charge is 2.22. The number of hydrogen-bond donors (Lipinski definition) is 1. The Labute approximate surface area is 223 Å². The molecule has 0 atom stereocenters. The Hall–Kier alpha value is -3.33. The molecule has 1 N–H and O–H groups in total. The van der Waals surface area contributed by atoms with Crippen LogP contribution in [0.1, 0.15) is 11.1 Å². The maximum absolute atomic E-state index is 12.7. The van der Waals surface area contributed by atoms with Crippen molar-refractivity contribution in [2.75, 3.05) is 44.1 Å². The lowest BCUT2D eigenvalue weighted by Crippen LogP contribution is -2.49. The van der Waals surface area contributed by atoms with Crippen LogP contribution in [0, 0.1) is 6.92 Å². The smallest absolute Gasteiger partial charge is 0.261 e. The molecule has 1 saturated heterocycles. The third-order valence-electron chi connectivity index (χ3n) is 6.07. The molecule has 0 unspecified atom stereocenters. The number of piperazine rings is 1. The molecule has 0 saturated carbocycles. The first-order chi connectivity index (χ1) is 17.8. The molecule has 1 heterocycles. The maximum atomic E-state index is 12.7. The maximum Gasteiger partial charge on any atom is 0.261 e. The van der Waals surface area contributed by atoms with Crippen molar-refractivity contribution in [3.05, 3.63) is 95.0 Å². The van der Waals surface area contributed by atoms with Crippen molar-refractivity contribution >= 4 is 39.3 Å². The summed E-state index contributed by atoms with van der Waals surface area (Å²) in [7, 11) is -3.82. The van der Waals surface area contributed by atoms with Crippen LogP contribution in [0.15, 0.2) is 83.8 Å². The van der Waals surface area contributed by atoms with Gasteiger partial charge in [0.2, 0.25) is 0 Å². The number of hydrogen-bond acceptors (Lipinski definition) is 5. The van der Waals surface area contributed by atoms with Gasteiger partial charge in [0.05, 0.1) is 9.92 Å². The van der Waals surface area contributed by atoms with Crippen molar-refractivity contribution in [1.29, 1.82) is 0 Å². The fourth-order valence-electron chi connectivity index (χ4n) is 3.91. The first kappa shape index (κ1) is 26.7. The van der Waals surface area contributed by atoms with Gasteiger partial charge in [-0.25, -0.2) is 8.42 Å². The van der Waals surface area contributed by atoms with Gasteiger partial charge in [0, 0.05) is 38.4 Å². The normalized spacial score (nSPS) is 14.6. The molecule has 7 nitrogen and oxygen atoms in total. The molecule has 0 radical (unpaired) electrons. The number of amides is 1. The topological polar surface area (TPSA) is 78.9 Å². The molecule has 1 aliphatic rings. The molecule has 4 rings (SSSR count). The van der Waals surface area contributed by atoms with E-state index in [1.165, 1.54) is 23.8 Å². The summed E-state index contributed by atoms with van der Waals surface area (Å²) in [6.07, 6.45) is 4.24. The summed E-state index contributed by atoms with van der Waals surface area (Å²) >= 11 is 6.29. The van der Waals surface area contributed by atoms with Crippen LogP contribution in [0.2, 0.25) is 5.02 Å². The molecule has 37 heavy (non-hydrogen) atoms. The van der Waals surface area contributed by atoms with Crippen molar-refractivity contribution in [2.24, 2.45) is 0 Å². The Morgan fingerprint density at radius 2 is 1.70 bits per heavy atom. The lowest BCUT2D eigenvalue weighted by molar-refractivity contribution is -0.135. The molecular weight excluding hydrogens is 510 g/mol. The zero-order valence-electron chi connectivity index (χ0n) is 20.6. The van der Waals surface area contributed by atoms with E-state index in [1.807, 2.05) is 37.3 Å². The largest absolute Gasteiger partial charge is 0.482 e. The van der Waals surface area contributed by atoms with Gasteiger partial charge in [0.15, 0.2) is 6.61 Å². The second kappa shape index (κ2) is 12.3. The average molecular weight is 540 g/mol. The van der Waals surface area contributed by atoms with Crippen LogP contribution in [-0.2, 0) is 14.8 Å². The number of anilines is 1. The summed E-state index contributed by atoms with van der Waals surface area (Å²) in [5.74, 6) is 0.127. The van der Waals surface area contributed by atoms with Crippen LogP contribution in [0.4, 0.5) is 5.69 Å². The number of carbonyl (C=O) groups excluding carboxylic acids is 1. The highest BCUT2D eigenvalue weighted by atomic mass is 35.5. The van der Waals surface area contributed by atoms with Gasteiger partial charge in [-0.15, -0.1) is 0 Å². The Balaban J connectivity index is 1.25. The Kier molecular flexibility index (Phi) is 8.87. The first-order valence-corrected chi connectivity index (χ1v) is 13.9. The van der Waals surface area contributed by atoms with E-state index in [2.05, 4.69) is 33.9 Å². The van der Waals surface area contributed by atoms with Gasteiger partial charge in [-0.05, 0) is 42.8 Å². The minimum absolute atomic E-state index is 0.00851. The van der Waals surface area contributed by atoms with Crippen LogP contribution >= 0.6 is 11.6 Å². The van der Waals surface area contributed by atoms with Crippen LogP contribution in [-0.4, -0.2) is 63.5 Å². The van der Waals surface area contributed by atoms with Crippen molar-refractivity contribution in [2.45, 2.75) is 11.8 Å². The van der Waals surface area contributed by atoms with Crippen LogP contribution < -0.4 is 9.46 Å². The fraction of sp³-hybridized carbons (Fsp3) is 0.250. The van der Waals surface area contributed by atoms with Crippen molar-refractivity contribution in [3.8, 4) is 5.75 Å². The number of carbonyl (C=O) groups is 1. The molecule has 3 aromatic carbocycles. The van der Waals surface area contributed by atoms with E-state index in [-0.39, 0.29) is 28.2 Å². The predicted molar refractivity (Wildman–Crippen MR) is 147 cm³/mol. The number of halogens is 1. The molecule has 1 amide bonds. The highest BCUT2D eigenvalue weighted by Crippen LogP contribution is 2.28. The summed E-state index contributed by atoms with van der Waals surface area (Å²) < 4.78 is 33.6. The summed E-state index contributed by atoms with van der Waals surface area (Å²) in [5, 5.41) is 0.120. The first-order valence-electron chi connectivity index (χ1n) is 12.0. The van der Waals surface area contributed by atoms with E-state index in [0.29, 0.717) is 18.8 Å². The number of rotatable bonds is 9. The third-order valence-corrected chi connectivity index (χ3v) is 7.74. The molecular formula is C28H30ClN3O4S. The predicted octanol–water partition coefficient (Wildman–Crippen LogP) is 4.69. The standard InChI is InChI=1S/C28H30ClN3O4S/c1-22-9-11-24(12-10-22)30-37(34,35)25-13-14-27(26(29)20-25)36-21-28(33)32-18-16-31(17-19-32)15-5-8-23-6-3-2-4-7-23/h2-14,20,30H,15-19,21H2,1H3/b8-5+. The summed E-state index contributed by atoms with van der Waals surface area (Å²) in [6, 6.07) is 21.4. The number of benzene rings is 3. The molecule has 0 aliphatic carbocycles. The average Bonchev–Trinajstić information content (AvgIpc) is 2.90. The van der Waals surface area contributed by atoms with Gasteiger partial charge >= 0.3 is 0 Å². The minimum Gasteiger partial charge on any atom is -0.482 e. The lowest BCUT2D eigenvalue weighted by atomic mass is 10.2. The van der Waals surface area contributed by atoms with Gasteiger partial charge in [0.1, 0.15) is 5.75 Å². The monoisotopic (exact) mass is 539 g/mol. The molecule has 3 aromatic rings. The fourth-order valence-corrected chi connectivity index (χ4v) is 5.30. The van der Waals surface area contributed by atoms with Gasteiger partial charge in [-0.1, -0.05) is 71.8 Å². The van der Waals surface area contributed by atoms with E-state index < -0.39 is 10.0 Å². The van der Waals surface area contributed by atoms with Gasteiger partial charge in [-0.2, -0.15) is 0 Å². The third kappa shape index (κ3) is 7.58. The molecule has 1 fully saturated rings.